The number of aromatic nitrogens is 2. The fraction of sp³-hybridized carbons (Fsp3) is 0.231. The maximum absolute atomic E-state index is 5.80. The third kappa shape index (κ3) is 3.67. The number of nitrogen functional groups attached to an aromatic ring is 4. The van der Waals surface area contributed by atoms with Crippen molar-refractivity contribution in [2.75, 3.05) is 28.7 Å². The Balaban J connectivity index is 1.86. The average Bonchev–Trinajstić information content (AvgIpc) is 2.39. The van der Waals surface area contributed by atoms with Crippen molar-refractivity contribution in [2.24, 2.45) is 0 Å². The fourth-order valence-electron chi connectivity index (χ4n) is 1.80. The minimum absolute atomic E-state index is 0.111. The van der Waals surface area contributed by atoms with Crippen LogP contribution in [0, 0.1) is 0 Å². The Morgan fingerprint density at radius 3 is 2.10 bits per heavy atom. The molecular formula is C13H18N6S. The first kappa shape index (κ1) is 14.3. The van der Waals surface area contributed by atoms with Crippen LogP contribution >= 0.6 is 11.8 Å². The Morgan fingerprint density at radius 1 is 0.900 bits per heavy atom. The maximum Gasteiger partial charge on any atom is 0.223 e. The van der Waals surface area contributed by atoms with E-state index in [1.807, 2.05) is 24.3 Å². The molecule has 0 bridgehead atoms. The molecule has 0 radical (unpaired) electrons. The zero-order chi connectivity index (χ0) is 14.5. The summed E-state index contributed by atoms with van der Waals surface area (Å²) in [5, 5.41) is 0. The van der Waals surface area contributed by atoms with Gasteiger partial charge in [-0.2, -0.15) is 9.97 Å². The van der Waals surface area contributed by atoms with Crippen LogP contribution in [0.25, 0.3) is 0 Å². The van der Waals surface area contributed by atoms with Gasteiger partial charge in [0.1, 0.15) is 11.6 Å². The quantitative estimate of drug-likeness (QED) is 0.373. The second-order valence-corrected chi connectivity index (χ2v) is 5.52. The topological polar surface area (TPSA) is 130 Å². The van der Waals surface area contributed by atoms with E-state index in [9.17, 15) is 0 Å². The normalized spacial score (nSPS) is 10.6. The van der Waals surface area contributed by atoms with Crippen molar-refractivity contribution >= 4 is 35.0 Å². The predicted molar refractivity (Wildman–Crippen MR) is 85.2 cm³/mol. The summed E-state index contributed by atoms with van der Waals surface area (Å²) in [5.41, 5.74) is 24.3. The highest BCUT2D eigenvalue weighted by molar-refractivity contribution is 7.99. The number of benzene rings is 1. The molecule has 0 aliphatic carbocycles. The Bertz CT molecular complexity index is 561. The van der Waals surface area contributed by atoms with Crippen LogP contribution in [0.15, 0.2) is 29.2 Å². The van der Waals surface area contributed by atoms with Crippen molar-refractivity contribution in [3.8, 4) is 0 Å². The lowest BCUT2D eigenvalue weighted by molar-refractivity contribution is 0.922. The molecular weight excluding hydrogens is 272 g/mol. The van der Waals surface area contributed by atoms with Gasteiger partial charge in [-0.1, -0.05) is 0 Å². The van der Waals surface area contributed by atoms with Crippen LogP contribution in [0.1, 0.15) is 12.0 Å². The third-order valence-electron chi connectivity index (χ3n) is 2.81. The average molecular weight is 290 g/mol. The molecule has 0 aliphatic rings. The zero-order valence-corrected chi connectivity index (χ0v) is 11.9. The number of nitrogens with two attached hydrogens (primary N) is 4. The summed E-state index contributed by atoms with van der Waals surface area (Å²) in [5.74, 6) is 1.80. The number of nitrogens with zero attached hydrogens (tertiary/aromatic N) is 2. The highest BCUT2D eigenvalue weighted by Gasteiger charge is 2.08. The molecule has 106 valence electrons. The first-order chi connectivity index (χ1) is 9.56. The molecule has 0 atom stereocenters. The van der Waals surface area contributed by atoms with Crippen LogP contribution in [0.4, 0.5) is 23.3 Å². The van der Waals surface area contributed by atoms with Gasteiger partial charge in [0, 0.05) is 16.1 Å². The Morgan fingerprint density at radius 2 is 1.50 bits per heavy atom. The maximum atomic E-state index is 5.80. The summed E-state index contributed by atoms with van der Waals surface area (Å²) in [4.78, 5) is 9.04. The van der Waals surface area contributed by atoms with Gasteiger partial charge >= 0.3 is 0 Å². The van der Waals surface area contributed by atoms with Crippen LogP contribution in [-0.4, -0.2) is 15.7 Å². The minimum atomic E-state index is 0.111. The van der Waals surface area contributed by atoms with E-state index in [1.165, 1.54) is 4.90 Å². The first-order valence-electron chi connectivity index (χ1n) is 6.22. The lowest BCUT2D eigenvalue weighted by Gasteiger charge is -2.08. The second kappa shape index (κ2) is 6.33. The highest BCUT2D eigenvalue weighted by atomic mass is 32.2. The van der Waals surface area contributed by atoms with E-state index < -0.39 is 0 Å². The molecule has 0 unspecified atom stereocenters. The summed E-state index contributed by atoms with van der Waals surface area (Å²) in [6.45, 7) is 0. The highest BCUT2D eigenvalue weighted by Crippen LogP contribution is 2.23. The van der Waals surface area contributed by atoms with Crippen LogP contribution in [0.5, 0.6) is 0 Å². The number of thioether (sulfide) groups is 1. The van der Waals surface area contributed by atoms with Crippen molar-refractivity contribution in [2.45, 2.75) is 17.7 Å². The first-order valence-corrected chi connectivity index (χ1v) is 7.20. The molecule has 1 aromatic carbocycles. The molecule has 0 amide bonds. The summed E-state index contributed by atoms with van der Waals surface area (Å²) >= 11 is 1.76. The molecule has 6 nitrogen and oxygen atoms in total. The van der Waals surface area contributed by atoms with Gasteiger partial charge in [0.2, 0.25) is 5.95 Å². The van der Waals surface area contributed by atoms with Crippen LogP contribution < -0.4 is 22.9 Å². The molecule has 0 fully saturated rings. The van der Waals surface area contributed by atoms with E-state index in [2.05, 4.69) is 9.97 Å². The molecule has 8 N–H and O–H groups in total. The molecule has 1 heterocycles. The minimum Gasteiger partial charge on any atom is -0.399 e. The Hall–Kier alpha value is -2.15. The molecule has 7 heteroatoms. The van der Waals surface area contributed by atoms with Gasteiger partial charge in [0.05, 0.1) is 0 Å². The summed E-state index contributed by atoms with van der Waals surface area (Å²) in [6, 6.07) is 7.81. The third-order valence-corrected chi connectivity index (χ3v) is 3.91. The van der Waals surface area contributed by atoms with Gasteiger partial charge < -0.3 is 22.9 Å². The summed E-state index contributed by atoms with van der Waals surface area (Å²) < 4.78 is 0. The van der Waals surface area contributed by atoms with Crippen molar-refractivity contribution in [3.63, 3.8) is 0 Å². The van der Waals surface area contributed by atoms with E-state index in [1.54, 1.807) is 11.8 Å². The summed E-state index contributed by atoms with van der Waals surface area (Å²) in [7, 11) is 0. The molecule has 1 aromatic heterocycles. The Kier molecular flexibility index (Phi) is 4.52. The largest absolute Gasteiger partial charge is 0.399 e. The van der Waals surface area contributed by atoms with Crippen molar-refractivity contribution < 1.29 is 0 Å². The van der Waals surface area contributed by atoms with Gasteiger partial charge in [0.15, 0.2) is 0 Å². The molecule has 0 saturated carbocycles. The predicted octanol–water partition coefficient (Wildman–Crippen LogP) is 1.53. The van der Waals surface area contributed by atoms with E-state index in [0.717, 1.165) is 29.8 Å². The van der Waals surface area contributed by atoms with E-state index in [0.29, 0.717) is 11.6 Å². The van der Waals surface area contributed by atoms with Crippen molar-refractivity contribution in [3.05, 3.63) is 29.8 Å². The monoisotopic (exact) mass is 290 g/mol. The van der Waals surface area contributed by atoms with Crippen molar-refractivity contribution in [1.82, 2.24) is 9.97 Å². The van der Waals surface area contributed by atoms with E-state index in [4.69, 9.17) is 22.9 Å². The lowest BCUT2D eigenvalue weighted by Crippen LogP contribution is -2.09. The molecule has 2 rings (SSSR count). The van der Waals surface area contributed by atoms with Gasteiger partial charge in [0.25, 0.3) is 0 Å². The molecule has 0 saturated heterocycles. The second-order valence-electron chi connectivity index (χ2n) is 4.35. The SMILES string of the molecule is Nc1ccc(SCCCc2c(N)nc(N)nc2N)cc1. The number of hydrogen-bond acceptors (Lipinski definition) is 7. The molecule has 0 spiro atoms. The van der Waals surface area contributed by atoms with Crippen LogP contribution in [-0.2, 0) is 6.42 Å². The van der Waals surface area contributed by atoms with Crippen LogP contribution in [0.2, 0.25) is 0 Å². The lowest BCUT2D eigenvalue weighted by atomic mass is 10.1. The Labute approximate surface area is 122 Å². The number of hydrogen-bond donors (Lipinski definition) is 4. The smallest absolute Gasteiger partial charge is 0.223 e. The van der Waals surface area contributed by atoms with Crippen molar-refractivity contribution in [1.29, 1.82) is 0 Å². The summed E-state index contributed by atoms with van der Waals surface area (Å²) in [6.07, 6.45) is 1.66. The van der Waals surface area contributed by atoms with Gasteiger partial charge in [-0.15, -0.1) is 11.8 Å². The fourth-order valence-corrected chi connectivity index (χ4v) is 2.65. The van der Waals surface area contributed by atoms with E-state index in [-0.39, 0.29) is 5.95 Å². The molecule has 2 aromatic rings. The number of rotatable bonds is 5. The van der Waals surface area contributed by atoms with Gasteiger partial charge in [-0.3, -0.25) is 0 Å². The molecule has 0 aliphatic heterocycles. The van der Waals surface area contributed by atoms with Gasteiger partial charge in [-0.05, 0) is 42.9 Å². The zero-order valence-electron chi connectivity index (χ0n) is 11.0. The van der Waals surface area contributed by atoms with Crippen LogP contribution in [0.3, 0.4) is 0 Å². The standard InChI is InChI=1S/C13H18N6S/c14-8-3-5-9(6-4-8)20-7-1-2-10-11(15)18-13(17)19-12(10)16/h3-6H,1-2,7,14H2,(H6,15,16,17,18,19). The van der Waals surface area contributed by atoms with Gasteiger partial charge in [-0.25, -0.2) is 0 Å². The molecule has 20 heavy (non-hydrogen) atoms. The number of anilines is 4. The van der Waals surface area contributed by atoms with E-state index >= 15 is 0 Å².